The maximum Gasteiger partial charge on any atom is 0.165 e. The molecule has 0 bridgehead atoms. The Balaban J connectivity index is 2.11. The molecule has 1 aromatic heterocycles. The molecule has 0 radical (unpaired) electrons. The molecule has 4 nitrogen and oxygen atoms in total. The predicted molar refractivity (Wildman–Crippen MR) is 83.2 cm³/mol. The quantitative estimate of drug-likeness (QED) is 0.905. The predicted octanol–water partition coefficient (Wildman–Crippen LogP) is 3.97. The maximum atomic E-state index is 13.5. The van der Waals surface area contributed by atoms with Gasteiger partial charge in [-0.15, -0.1) is 0 Å². The topological polar surface area (TPSA) is 47.0 Å². The Morgan fingerprint density at radius 1 is 1.33 bits per heavy atom. The van der Waals surface area contributed by atoms with E-state index in [1.807, 2.05) is 7.05 Å². The van der Waals surface area contributed by atoms with Crippen LogP contribution in [0.4, 0.5) is 10.2 Å². The van der Waals surface area contributed by atoms with Crippen LogP contribution in [-0.2, 0) is 0 Å². The Morgan fingerprint density at radius 3 is 2.71 bits per heavy atom. The van der Waals surface area contributed by atoms with Gasteiger partial charge in [-0.2, -0.15) is 0 Å². The molecule has 1 aromatic carbocycles. The van der Waals surface area contributed by atoms with Crippen LogP contribution in [0.2, 0.25) is 0 Å². The van der Waals surface area contributed by atoms with E-state index in [2.05, 4.69) is 31.2 Å². The van der Waals surface area contributed by atoms with Gasteiger partial charge in [0.25, 0.3) is 0 Å². The average molecular weight is 352 g/mol. The fraction of sp³-hybridized carbons (Fsp3) is 0.333. The van der Waals surface area contributed by atoms with Gasteiger partial charge in [-0.05, 0) is 47.0 Å². The smallest absolute Gasteiger partial charge is 0.165 e. The van der Waals surface area contributed by atoms with E-state index >= 15 is 0 Å². The van der Waals surface area contributed by atoms with Gasteiger partial charge in [0.05, 0.1) is 17.3 Å². The van der Waals surface area contributed by atoms with Gasteiger partial charge in [0.2, 0.25) is 0 Å². The first-order valence-electron chi connectivity index (χ1n) is 6.73. The van der Waals surface area contributed by atoms with Gasteiger partial charge in [0, 0.05) is 18.5 Å². The summed E-state index contributed by atoms with van der Waals surface area (Å²) in [5.41, 5.74) is 1.74. The zero-order valence-corrected chi connectivity index (χ0v) is 13.4. The van der Waals surface area contributed by atoms with Crippen LogP contribution in [0.25, 0.3) is 11.4 Å². The Bertz CT molecular complexity index is 689. The number of hydrogen-bond acceptors (Lipinski definition) is 4. The first-order valence-corrected chi connectivity index (χ1v) is 7.52. The first kappa shape index (κ1) is 14.3. The molecule has 1 fully saturated rings. The second-order valence-corrected chi connectivity index (χ2v) is 5.76. The van der Waals surface area contributed by atoms with E-state index in [-0.39, 0.29) is 5.75 Å². The van der Waals surface area contributed by atoms with Gasteiger partial charge in [-0.3, -0.25) is 0 Å². The van der Waals surface area contributed by atoms with Gasteiger partial charge in [-0.1, -0.05) is 0 Å². The summed E-state index contributed by atoms with van der Waals surface area (Å²) in [5.74, 6) is 1.59. The van der Waals surface area contributed by atoms with Crippen molar-refractivity contribution in [3.63, 3.8) is 0 Å². The number of anilines is 1. The van der Waals surface area contributed by atoms with Crippen LogP contribution in [0.15, 0.2) is 22.7 Å². The van der Waals surface area contributed by atoms with Crippen LogP contribution in [0.5, 0.6) is 5.75 Å². The highest BCUT2D eigenvalue weighted by Gasteiger charge is 2.29. The number of halogens is 2. The summed E-state index contributed by atoms with van der Waals surface area (Å²) in [5, 5.41) is 3.07. The summed E-state index contributed by atoms with van der Waals surface area (Å²) in [6.45, 7) is 0. The first-order chi connectivity index (χ1) is 10.1. The third-order valence-corrected chi connectivity index (χ3v) is 4.27. The van der Waals surface area contributed by atoms with E-state index in [1.165, 1.54) is 13.2 Å². The van der Waals surface area contributed by atoms with E-state index in [0.29, 0.717) is 11.7 Å². The fourth-order valence-electron chi connectivity index (χ4n) is 2.19. The summed E-state index contributed by atoms with van der Waals surface area (Å²) in [7, 11) is 3.26. The Kier molecular flexibility index (Phi) is 3.80. The number of benzene rings is 1. The molecule has 1 heterocycles. The molecule has 1 aliphatic carbocycles. The molecule has 1 aliphatic rings. The zero-order valence-electron chi connectivity index (χ0n) is 11.8. The molecule has 1 saturated carbocycles. The van der Waals surface area contributed by atoms with Crippen LogP contribution in [0.1, 0.15) is 24.5 Å². The lowest BCUT2D eigenvalue weighted by Crippen LogP contribution is -2.03. The number of methoxy groups -OCH3 is 1. The molecular formula is C15H15BrFN3O. The minimum absolute atomic E-state index is 0.193. The Hall–Kier alpha value is -1.69. The third kappa shape index (κ3) is 2.72. The summed E-state index contributed by atoms with van der Waals surface area (Å²) in [4.78, 5) is 9.13. The highest BCUT2D eigenvalue weighted by Crippen LogP contribution is 2.44. The van der Waals surface area contributed by atoms with Crippen LogP contribution in [0, 0.1) is 5.82 Å². The van der Waals surface area contributed by atoms with Gasteiger partial charge in [0.15, 0.2) is 17.4 Å². The molecule has 3 rings (SSSR count). The number of nitrogens with one attached hydrogen (secondary N) is 1. The number of rotatable bonds is 4. The average Bonchev–Trinajstić information content (AvgIpc) is 3.33. The SMILES string of the molecule is CNc1nc(-c2ccc(F)c(OC)c2)nc(C2CC2)c1Br. The van der Waals surface area contributed by atoms with Crippen LogP contribution in [-0.4, -0.2) is 24.1 Å². The molecule has 0 aliphatic heterocycles. The molecule has 21 heavy (non-hydrogen) atoms. The minimum Gasteiger partial charge on any atom is -0.494 e. The van der Waals surface area contributed by atoms with Crippen molar-refractivity contribution < 1.29 is 9.13 Å². The van der Waals surface area contributed by atoms with E-state index in [4.69, 9.17) is 4.74 Å². The normalized spacial score (nSPS) is 14.1. The lowest BCUT2D eigenvalue weighted by molar-refractivity contribution is 0.387. The van der Waals surface area contributed by atoms with Crippen molar-refractivity contribution in [2.45, 2.75) is 18.8 Å². The van der Waals surface area contributed by atoms with Crippen molar-refractivity contribution in [2.24, 2.45) is 0 Å². The minimum atomic E-state index is -0.394. The summed E-state index contributed by atoms with van der Waals surface area (Å²) in [6, 6.07) is 4.65. The van der Waals surface area contributed by atoms with Crippen LogP contribution >= 0.6 is 15.9 Å². The number of aromatic nitrogens is 2. The van der Waals surface area contributed by atoms with Crippen LogP contribution in [0.3, 0.4) is 0 Å². The van der Waals surface area contributed by atoms with Gasteiger partial charge >= 0.3 is 0 Å². The monoisotopic (exact) mass is 351 g/mol. The molecule has 0 amide bonds. The lowest BCUT2D eigenvalue weighted by Gasteiger charge is -2.11. The molecule has 0 atom stereocenters. The Morgan fingerprint density at radius 2 is 2.10 bits per heavy atom. The zero-order chi connectivity index (χ0) is 15.0. The second kappa shape index (κ2) is 5.60. The van der Waals surface area contributed by atoms with Gasteiger partial charge in [-0.25, -0.2) is 14.4 Å². The van der Waals surface area contributed by atoms with Crippen molar-refractivity contribution in [3.05, 3.63) is 34.2 Å². The van der Waals surface area contributed by atoms with Crippen molar-refractivity contribution in [3.8, 4) is 17.1 Å². The fourth-order valence-corrected chi connectivity index (χ4v) is 2.88. The van der Waals surface area contributed by atoms with Crippen molar-refractivity contribution in [1.82, 2.24) is 9.97 Å². The molecule has 0 saturated heterocycles. The van der Waals surface area contributed by atoms with E-state index in [9.17, 15) is 4.39 Å². The highest BCUT2D eigenvalue weighted by atomic mass is 79.9. The number of hydrogen-bond donors (Lipinski definition) is 1. The molecule has 1 N–H and O–H groups in total. The number of ether oxygens (including phenoxy) is 1. The number of nitrogens with zero attached hydrogens (tertiary/aromatic N) is 2. The van der Waals surface area contributed by atoms with Crippen molar-refractivity contribution >= 4 is 21.7 Å². The van der Waals surface area contributed by atoms with E-state index < -0.39 is 5.82 Å². The van der Waals surface area contributed by atoms with E-state index in [0.717, 1.165) is 34.4 Å². The van der Waals surface area contributed by atoms with E-state index in [1.54, 1.807) is 12.1 Å². The summed E-state index contributed by atoms with van der Waals surface area (Å²) >= 11 is 3.56. The van der Waals surface area contributed by atoms with Gasteiger partial charge in [0.1, 0.15) is 5.82 Å². The van der Waals surface area contributed by atoms with Crippen molar-refractivity contribution in [2.75, 3.05) is 19.5 Å². The molecule has 6 heteroatoms. The molecule has 2 aromatic rings. The van der Waals surface area contributed by atoms with Crippen LogP contribution < -0.4 is 10.1 Å². The summed E-state index contributed by atoms with van der Waals surface area (Å²) in [6.07, 6.45) is 2.29. The third-order valence-electron chi connectivity index (χ3n) is 3.49. The molecule has 0 spiro atoms. The second-order valence-electron chi connectivity index (χ2n) is 4.97. The van der Waals surface area contributed by atoms with Crippen molar-refractivity contribution in [1.29, 1.82) is 0 Å². The summed E-state index contributed by atoms with van der Waals surface area (Å²) < 4.78 is 19.5. The van der Waals surface area contributed by atoms with Gasteiger partial charge < -0.3 is 10.1 Å². The maximum absolute atomic E-state index is 13.5. The molecular weight excluding hydrogens is 337 g/mol. The standard InChI is InChI=1S/C15H15BrFN3O/c1-18-15-12(16)13(8-3-4-8)19-14(20-15)9-5-6-10(17)11(7-9)21-2/h5-8H,3-4H2,1-2H3,(H,18,19,20). The largest absolute Gasteiger partial charge is 0.494 e. The molecule has 0 unspecified atom stereocenters. The molecule has 110 valence electrons. The Labute approximate surface area is 130 Å². The lowest BCUT2D eigenvalue weighted by atomic mass is 10.1. The highest BCUT2D eigenvalue weighted by molar-refractivity contribution is 9.10.